The molecule has 0 bridgehead atoms. The van der Waals surface area contributed by atoms with Gasteiger partial charge < -0.3 is 10.4 Å². The van der Waals surface area contributed by atoms with Gasteiger partial charge in [0.25, 0.3) is 0 Å². The summed E-state index contributed by atoms with van der Waals surface area (Å²) in [4.78, 5) is 0. The first-order valence-electron chi connectivity index (χ1n) is 4.31. The maximum absolute atomic E-state index is 9.69. The van der Waals surface area contributed by atoms with Gasteiger partial charge in [-0.25, -0.2) is 0 Å². The number of hydrogen-bond acceptors (Lipinski definition) is 2. The van der Waals surface area contributed by atoms with Gasteiger partial charge in [0.05, 0.1) is 6.10 Å². The number of benzene rings is 1. The lowest BCUT2D eigenvalue weighted by Crippen LogP contribution is -2.24. The summed E-state index contributed by atoms with van der Waals surface area (Å²) >= 11 is 0. The molecule has 0 saturated carbocycles. The Labute approximate surface area is 72.2 Å². The van der Waals surface area contributed by atoms with Gasteiger partial charge in [-0.1, -0.05) is 18.2 Å². The molecule has 1 aliphatic rings. The SMILES string of the molecule is C[C@@H]1C[C@H](O)c2ccccc2N1. The van der Waals surface area contributed by atoms with Crippen LogP contribution in [0.3, 0.4) is 0 Å². The number of para-hydroxylation sites is 1. The second-order valence-corrected chi connectivity index (χ2v) is 3.38. The second-order valence-electron chi connectivity index (χ2n) is 3.38. The van der Waals surface area contributed by atoms with Crippen LogP contribution in [0.25, 0.3) is 0 Å². The van der Waals surface area contributed by atoms with Crippen LogP contribution in [0.2, 0.25) is 0 Å². The van der Waals surface area contributed by atoms with Gasteiger partial charge in [0, 0.05) is 17.3 Å². The Morgan fingerprint density at radius 2 is 2.17 bits per heavy atom. The van der Waals surface area contributed by atoms with E-state index < -0.39 is 0 Å². The zero-order valence-electron chi connectivity index (χ0n) is 7.12. The summed E-state index contributed by atoms with van der Waals surface area (Å²) in [7, 11) is 0. The molecule has 0 unspecified atom stereocenters. The fourth-order valence-electron chi connectivity index (χ4n) is 1.71. The molecule has 1 aromatic rings. The first-order chi connectivity index (χ1) is 5.77. The Bertz CT molecular complexity index is 285. The van der Waals surface area contributed by atoms with E-state index in [1.54, 1.807) is 0 Å². The molecule has 0 spiro atoms. The zero-order chi connectivity index (χ0) is 8.55. The summed E-state index contributed by atoms with van der Waals surface area (Å²) in [5.74, 6) is 0. The number of rotatable bonds is 0. The minimum atomic E-state index is -0.294. The Morgan fingerprint density at radius 3 is 3.00 bits per heavy atom. The number of anilines is 1. The number of hydrogen-bond donors (Lipinski definition) is 2. The van der Waals surface area contributed by atoms with Crippen LogP contribution in [-0.2, 0) is 0 Å². The quantitative estimate of drug-likeness (QED) is 0.612. The van der Waals surface area contributed by atoms with Gasteiger partial charge in [-0.2, -0.15) is 0 Å². The van der Waals surface area contributed by atoms with Crippen molar-refractivity contribution in [3.63, 3.8) is 0 Å². The first-order valence-corrected chi connectivity index (χ1v) is 4.31. The van der Waals surface area contributed by atoms with Crippen molar-refractivity contribution < 1.29 is 5.11 Å². The van der Waals surface area contributed by atoms with Crippen LogP contribution >= 0.6 is 0 Å². The minimum Gasteiger partial charge on any atom is -0.388 e. The van der Waals surface area contributed by atoms with Crippen molar-refractivity contribution in [3.8, 4) is 0 Å². The molecular weight excluding hydrogens is 150 g/mol. The average molecular weight is 163 g/mol. The summed E-state index contributed by atoms with van der Waals surface area (Å²) in [6.45, 7) is 2.08. The molecule has 2 heteroatoms. The fraction of sp³-hybridized carbons (Fsp3) is 0.400. The maximum Gasteiger partial charge on any atom is 0.0829 e. The number of fused-ring (bicyclic) bond motifs is 1. The lowest BCUT2D eigenvalue weighted by atomic mass is 9.96. The summed E-state index contributed by atoms with van der Waals surface area (Å²) in [6, 6.07) is 8.29. The van der Waals surface area contributed by atoms with Crippen molar-refractivity contribution in [1.82, 2.24) is 0 Å². The van der Waals surface area contributed by atoms with E-state index in [1.807, 2.05) is 24.3 Å². The molecular formula is C10H13NO. The van der Waals surface area contributed by atoms with Crippen molar-refractivity contribution in [2.75, 3.05) is 5.32 Å². The highest BCUT2D eigenvalue weighted by Gasteiger charge is 2.20. The number of nitrogens with one attached hydrogen (secondary N) is 1. The van der Waals surface area contributed by atoms with Gasteiger partial charge in [-0.15, -0.1) is 0 Å². The second kappa shape index (κ2) is 2.79. The van der Waals surface area contributed by atoms with E-state index >= 15 is 0 Å². The van der Waals surface area contributed by atoms with Crippen LogP contribution in [0.4, 0.5) is 5.69 Å². The topological polar surface area (TPSA) is 32.3 Å². The molecule has 0 aromatic heterocycles. The minimum absolute atomic E-state index is 0.294. The molecule has 12 heavy (non-hydrogen) atoms. The van der Waals surface area contributed by atoms with Gasteiger partial charge in [0.15, 0.2) is 0 Å². The molecule has 2 rings (SSSR count). The van der Waals surface area contributed by atoms with Crippen LogP contribution in [0.15, 0.2) is 24.3 Å². The Kier molecular flexibility index (Phi) is 1.77. The molecule has 0 aliphatic carbocycles. The van der Waals surface area contributed by atoms with Crippen LogP contribution in [0.1, 0.15) is 25.0 Å². The lowest BCUT2D eigenvalue weighted by molar-refractivity contribution is 0.158. The maximum atomic E-state index is 9.69. The predicted octanol–water partition coefficient (Wildman–Crippen LogP) is 1.92. The highest BCUT2D eigenvalue weighted by molar-refractivity contribution is 5.54. The van der Waals surface area contributed by atoms with Crippen molar-refractivity contribution in [1.29, 1.82) is 0 Å². The molecule has 2 atom stereocenters. The van der Waals surface area contributed by atoms with Gasteiger partial charge in [-0.3, -0.25) is 0 Å². The van der Waals surface area contributed by atoms with Crippen molar-refractivity contribution in [3.05, 3.63) is 29.8 Å². The highest BCUT2D eigenvalue weighted by Crippen LogP contribution is 2.31. The Hall–Kier alpha value is -1.02. The zero-order valence-corrected chi connectivity index (χ0v) is 7.12. The predicted molar refractivity (Wildman–Crippen MR) is 49.1 cm³/mol. The molecule has 0 radical (unpaired) electrons. The van der Waals surface area contributed by atoms with Crippen LogP contribution < -0.4 is 5.32 Å². The fourth-order valence-corrected chi connectivity index (χ4v) is 1.71. The monoisotopic (exact) mass is 163 g/mol. The van der Waals surface area contributed by atoms with E-state index in [9.17, 15) is 5.11 Å². The van der Waals surface area contributed by atoms with Crippen molar-refractivity contribution in [2.45, 2.75) is 25.5 Å². The molecule has 0 amide bonds. The largest absolute Gasteiger partial charge is 0.388 e. The average Bonchev–Trinajstić information content (AvgIpc) is 2.04. The highest BCUT2D eigenvalue weighted by atomic mass is 16.3. The number of aliphatic hydroxyl groups is 1. The van der Waals surface area contributed by atoms with Gasteiger partial charge in [-0.05, 0) is 19.4 Å². The summed E-state index contributed by atoms with van der Waals surface area (Å²) in [6.07, 6.45) is 0.509. The molecule has 1 aliphatic heterocycles. The molecule has 2 N–H and O–H groups in total. The molecule has 1 heterocycles. The summed E-state index contributed by atoms with van der Waals surface area (Å²) < 4.78 is 0. The van der Waals surface area contributed by atoms with E-state index in [4.69, 9.17) is 0 Å². The third kappa shape index (κ3) is 1.18. The van der Waals surface area contributed by atoms with Gasteiger partial charge >= 0.3 is 0 Å². The third-order valence-electron chi connectivity index (χ3n) is 2.30. The van der Waals surface area contributed by atoms with Crippen LogP contribution in [0, 0.1) is 0 Å². The van der Waals surface area contributed by atoms with Crippen molar-refractivity contribution in [2.24, 2.45) is 0 Å². The van der Waals surface area contributed by atoms with E-state index in [-0.39, 0.29) is 6.10 Å². The Balaban J connectivity index is 2.40. The van der Waals surface area contributed by atoms with E-state index in [2.05, 4.69) is 12.2 Å². The standard InChI is InChI=1S/C10H13NO/c1-7-6-10(12)8-4-2-3-5-9(8)11-7/h2-5,7,10-12H,6H2,1H3/t7-,10+/m1/s1. The molecule has 0 fully saturated rings. The smallest absolute Gasteiger partial charge is 0.0829 e. The molecule has 1 aromatic carbocycles. The summed E-state index contributed by atoms with van der Waals surface area (Å²) in [5.41, 5.74) is 2.10. The lowest BCUT2D eigenvalue weighted by Gasteiger charge is -2.27. The molecule has 64 valence electrons. The van der Waals surface area contributed by atoms with Gasteiger partial charge in [0.2, 0.25) is 0 Å². The normalized spacial score (nSPS) is 27.5. The van der Waals surface area contributed by atoms with E-state index in [0.29, 0.717) is 6.04 Å². The first kappa shape index (κ1) is 7.62. The van der Waals surface area contributed by atoms with E-state index in [0.717, 1.165) is 17.7 Å². The van der Waals surface area contributed by atoms with Crippen molar-refractivity contribution >= 4 is 5.69 Å². The Morgan fingerprint density at radius 1 is 1.42 bits per heavy atom. The summed E-state index contributed by atoms with van der Waals surface area (Å²) in [5, 5.41) is 13.0. The van der Waals surface area contributed by atoms with Gasteiger partial charge in [0.1, 0.15) is 0 Å². The third-order valence-corrected chi connectivity index (χ3v) is 2.30. The number of aliphatic hydroxyl groups excluding tert-OH is 1. The molecule has 2 nitrogen and oxygen atoms in total. The van der Waals surface area contributed by atoms with Crippen LogP contribution in [0.5, 0.6) is 0 Å². The van der Waals surface area contributed by atoms with Crippen LogP contribution in [-0.4, -0.2) is 11.1 Å². The molecule has 0 saturated heterocycles. The van der Waals surface area contributed by atoms with E-state index in [1.165, 1.54) is 0 Å².